The van der Waals surface area contributed by atoms with Crippen LogP contribution in [0.15, 0.2) is 24.3 Å². The van der Waals surface area contributed by atoms with E-state index in [9.17, 15) is 0 Å². The molecular weight excluding hydrogens is 416 g/mol. The third-order valence-corrected chi connectivity index (χ3v) is 5.85. The van der Waals surface area contributed by atoms with Crippen LogP contribution in [-0.4, -0.2) is 24.0 Å². The maximum absolute atomic E-state index is 6.65. The second kappa shape index (κ2) is 10.3. The Morgan fingerprint density at radius 2 is 1.75 bits per heavy atom. The van der Waals surface area contributed by atoms with E-state index >= 15 is 0 Å². The first-order valence-corrected chi connectivity index (χ1v) is 9.47. The Hall–Kier alpha value is 0.864. The van der Waals surface area contributed by atoms with Crippen molar-refractivity contribution in [2.75, 3.05) is 13.2 Å². The van der Waals surface area contributed by atoms with Crippen LogP contribution in [0.1, 0.15) is 57.1 Å². The van der Waals surface area contributed by atoms with Crippen LogP contribution in [0.25, 0.3) is 0 Å². The third kappa shape index (κ3) is 5.95. The van der Waals surface area contributed by atoms with Crippen molar-refractivity contribution in [2.45, 2.75) is 62.1 Å². The van der Waals surface area contributed by atoms with E-state index in [1.807, 2.05) is 0 Å². The molecule has 1 saturated carbocycles. The zero-order valence-corrected chi connectivity index (χ0v) is 19.5. The quantitative estimate of drug-likeness (QED) is 0.300. The van der Waals surface area contributed by atoms with Crippen molar-refractivity contribution in [2.24, 2.45) is 5.92 Å². The fourth-order valence-electron chi connectivity index (χ4n) is 3.57. The summed E-state index contributed by atoms with van der Waals surface area (Å²) in [7, 11) is 0. The van der Waals surface area contributed by atoms with E-state index < -0.39 is 0 Å². The molecule has 1 aromatic rings. The van der Waals surface area contributed by atoms with Gasteiger partial charge in [-0.3, -0.25) is 0 Å². The van der Waals surface area contributed by atoms with E-state index in [4.69, 9.17) is 27.9 Å². The Kier molecular flexibility index (Phi) is 9.79. The predicted molar refractivity (Wildman–Crippen MR) is 101 cm³/mol. The van der Waals surface area contributed by atoms with Gasteiger partial charge in [0.2, 0.25) is 0 Å². The second-order valence-electron chi connectivity index (χ2n) is 7.58. The van der Waals surface area contributed by atoms with Crippen LogP contribution in [-0.2, 0) is 42.9 Å². The first-order chi connectivity index (χ1) is 10.8. The van der Waals surface area contributed by atoms with Gasteiger partial charge in [0.1, 0.15) is 0 Å². The second-order valence-corrected chi connectivity index (χ2v) is 8.71. The molecule has 1 fully saturated rings. The molecule has 0 aliphatic heterocycles. The Labute approximate surface area is 183 Å². The summed E-state index contributed by atoms with van der Waals surface area (Å²) in [5.41, 5.74) is 2.85. The fraction of sp³-hybridized carbons (Fsp3) is 0.650. The SMILES string of the molecule is [CH2-]COCCCC1C(Cl)CC(Cl)C1c1ccc(C(C)(C)C)cc1.[Y]. The minimum atomic E-state index is 0. The van der Waals surface area contributed by atoms with E-state index in [0.717, 1.165) is 25.9 Å². The molecule has 0 amide bonds. The summed E-state index contributed by atoms with van der Waals surface area (Å²) in [6.07, 6.45) is 2.96. The molecule has 1 aliphatic carbocycles. The van der Waals surface area contributed by atoms with Crippen molar-refractivity contribution >= 4 is 23.2 Å². The molecule has 0 heterocycles. The van der Waals surface area contributed by atoms with Gasteiger partial charge in [-0.25, -0.2) is 0 Å². The minimum Gasteiger partial charge on any atom is -0.413 e. The van der Waals surface area contributed by atoms with Gasteiger partial charge >= 0.3 is 0 Å². The predicted octanol–water partition coefficient (Wildman–Crippen LogP) is 5.93. The summed E-state index contributed by atoms with van der Waals surface area (Å²) >= 11 is 13.2. The largest absolute Gasteiger partial charge is 0.413 e. The van der Waals surface area contributed by atoms with Gasteiger partial charge in [-0.15, -0.1) is 23.2 Å². The molecule has 4 atom stereocenters. The molecular formula is C20H29Cl2OY-. The molecule has 1 aliphatic rings. The van der Waals surface area contributed by atoms with Crippen molar-refractivity contribution in [3.8, 4) is 0 Å². The van der Waals surface area contributed by atoms with Gasteiger partial charge in [0, 0.05) is 56.0 Å². The van der Waals surface area contributed by atoms with E-state index in [-0.39, 0.29) is 48.9 Å². The van der Waals surface area contributed by atoms with Gasteiger partial charge in [0.05, 0.1) is 0 Å². The van der Waals surface area contributed by atoms with Crippen molar-refractivity contribution in [3.05, 3.63) is 42.3 Å². The fourth-order valence-corrected chi connectivity index (χ4v) is 4.66. The molecule has 0 spiro atoms. The first kappa shape index (κ1) is 22.9. The average molecular weight is 445 g/mol. The van der Waals surface area contributed by atoms with Crippen LogP contribution in [0.3, 0.4) is 0 Å². The summed E-state index contributed by atoms with van der Waals surface area (Å²) in [6.45, 7) is 11.7. The van der Waals surface area contributed by atoms with Gasteiger partial charge in [-0.2, -0.15) is 0 Å². The van der Waals surface area contributed by atoms with Gasteiger partial charge in [0.25, 0.3) is 0 Å². The molecule has 4 unspecified atom stereocenters. The van der Waals surface area contributed by atoms with Gasteiger partial charge < -0.3 is 11.7 Å². The van der Waals surface area contributed by atoms with Crippen LogP contribution in [0.4, 0.5) is 0 Å². The number of rotatable bonds is 6. The van der Waals surface area contributed by atoms with Gasteiger partial charge in [-0.05, 0) is 41.7 Å². The average Bonchev–Trinajstić information content (AvgIpc) is 2.77. The number of hydrogen-bond donors (Lipinski definition) is 0. The Morgan fingerprint density at radius 3 is 2.29 bits per heavy atom. The number of benzene rings is 1. The molecule has 2 rings (SSSR count). The van der Waals surface area contributed by atoms with Crippen molar-refractivity contribution in [1.82, 2.24) is 0 Å². The van der Waals surface area contributed by atoms with Gasteiger partial charge in [0.15, 0.2) is 0 Å². The van der Waals surface area contributed by atoms with Gasteiger partial charge in [-0.1, -0.05) is 51.6 Å². The molecule has 0 bridgehead atoms. The van der Waals surface area contributed by atoms with Crippen molar-refractivity contribution in [3.63, 3.8) is 0 Å². The summed E-state index contributed by atoms with van der Waals surface area (Å²) in [6, 6.07) is 8.97. The van der Waals surface area contributed by atoms with Crippen LogP contribution in [0.5, 0.6) is 0 Å². The molecule has 24 heavy (non-hydrogen) atoms. The molecule has 4 heteroatoms. The van der Waals surface area contributed by atoms with E-state index in [1.165, 1.54) is 11.1 Å². The molecule has 1 nitrogen and oxygen atoms in total. The zero-order valence-electron chi connectivity index (χ0n) is 15.1. The molecule has 0 N–H and O–H groups in total. The van der Waals surface area contributed by atoms with E-state index in [2.05, 4.69) is 52.0 Å². The molecule has 1 radical (unpaired) electrons. The topological polar surface area (TPSA) is 9.23 Å². The zero-order chi connectivity index (χ0) is 17.0. The standard InChI is InChI=1S/C20H29Cl2O.Y/c1-5-23-12-6-7-16-17(21)13-18(22)19(16)14-8-10-15(11-9-14)20(2,3)4;/h8-11,16-19H,1,5-7,12-13H2,2-4H3;/q-1;. The Balaban J connectivity index is 0.00000288. The summed E-state index contributed by atoms with van der Waals surface area (Å²) in [5.74, 6) is 0.765. The van der Waals surface area contributed by atoms with Crippen molar-refractivity contribution in [1.29, 1.82) is 0 Å². The smallest absolute Gasteiger partial charge is 0.0430 e. The monoisotopic (exact) mass is 444 g/mol. The molecule has 133 valence electrons. The number of ether oxygens (including phenoxy) is 1. The van der Waals surface area contributed by atoms with E-state index in [0.29, 0.717) is 18.4 Å². The van der Waals surface area contributed by atoms with Crippen LogP contribution in [0.2, 0.25) is 0 Å². The van der Waals surface area contributed by atoms with Crippen LogP contribution >= 0.6 is 23.2 Å². The third-order valence-electron chi connectivity index (χ3n) is 4.90. The number of alkyl halides is 2. The summed E-state index contributed by atoms with van der Waals surface area (Å²) < 4.78 is 5.36. The number of hydrogen-bond acceptors (Lipinski definition) is 1. The van der Waals surface area contributed by atoms with Crippen molar-refractivity contribution < 1.29 is 37.4 Å². The van der Waals surface area contributed by atoms with Crippen LogP contribution in [0, 0.1) is 12.8 Å². The van der Waals surface area contributed by atoms with E-state index in [1.54, 1.807) is 0 Å². The maximum atomic E-state index is 6.65. The number of halogens is 2. The first-order valence-electron chi connectivity index (χ1n) is 8.60. The Morgan fingerprint density at radius 1 is 1.12 bits per heavy atom. The molecule has 1 aromatic carbocycles. The normalized spacial score (nSPS) is 27.1. The Bertz CT molecular complexity index is 483. The molecule has 0 aromatic heterocycles. The summed E-state index contributed by atoms with van der Waals surface area (Å²) in [4.78, 5) is 0. The van der Waals surface area contributed by atoms with Crippen LogP contribution < -0.4 is 0 Å². The summed E-state index contributed by atoms with van der Waals surface area (Å²) in [5, 5.41) is 0.279. The minimum absolute atomic E-state index is 0. The molecule has 0 saturated heterocycles. The maximum Gasteiger partial charge on any atom is 0.0430 e.